The molecule has 0 spiro atoms. The van der Waals surface area contributed by atoms with Crippen LogP contribution in [0.5, 0.6) is 0 Å². The minimum absolute atomic E-state index is 0.0804. The number of nitrogens with one attached hydrogen (secondary N) is 1. The number of aryl methyl sites for hydroxylation is 1. The highest BCUT2D eigenvalue weighted by Gasteiger charge is 2.25. The van der Waals surface area contributed by atoms with Crippen molar-refractivity contribution in [2.45, 2.75) is 39.2 Å². The fourth-order valence-corrected chi connectivity index (χ4v) is 4.28. The van der Waals surface area contributed by atoms with E-state index in [4.69, 9.17) is 0 Å². The fraction of sp³-hybridized carbons (Fsp3) is 0.250. The summed E-state index contributed by atoms with van der Waals surface area (Å²) in [6.07, 6.45) is 3.18. The fourth-order valence-electron chi connectivity index (χ4n) is 4.28. The van der Waals surface area contributed by atoms with Crippen LogP contribution in [-0.2, 0) is 30.6 Å². The van der Waals surface area contributed by atoms with Gasteiger partial charge in [0.25, 0.3) is 5.56 Å². The Morgan fingerprint density at radius 2 is 1.84 bits per heavy atom. The first-order chi connectivity index (χ1) is 15.2. The van der Waals surface area contributed by atoms with Crippen LogP contribution in [0.3, 0.4) is 0 Å². The molecule has 156 valence electrons. The van der Waals surface area contributed by atoms with Crippen LogP contribution in [0.25, 0.3) is 17.2 Å². The van der Waals surface area contributed by atoms with E-state index in [1.54, 1.807) is 0 Å². The van der Waals surface area contributed by atoms with Gasteiger partial charge >= 0.3 is 0 Å². The molecule has 7 heteroatoms. The Morgan fingerprint density at radius 3 is 2.65 bits per heavy atom. The normalized spacial score (nSPS) is 12.8. The molecule has 0 bridgehead atoms. The Hall–Kier alpha value is -3.74. The zero-order valence-corrected chi connectivity index (χ0v) is 17.3. The summed E-state index contributed by atoms with van der Waals surface area (Å²) in [5.74, 6) is 0.736. The number of anilines is 1. The van der Waals surface area contributed by atoms with Gasteiger partial charge in [-0.05, 0) is 37.3 Å². The Labute approximate surface area is 179 Å². The smallest absolute Gasteiger partial charge is 0.279 e. The minimum atomic E-state index is -0.148. The van der Waals surface area contributed by atoms with Crippen LogP contribution in [0.1, 0.15) is 30.2 Å². The van der Waals surface area contributed by atoms with E-state index >= 15 is 0 Å². The average Bonchev–Trinajstić information content (AvgIpc) is 3.46. The number of hydrogen-bond donors (Lipinski definition) is 1. The van der Waals surface area contributed by atoms with Gasteiger partial charge in [-0.25, -0.2) is 0 Å². The number of carbonyl (C=O) groups excluding carboxylic acids is 1. The maximum Gasteiger partial charge on any atom is 0.279 e. The van der Waals surface area contributed by atoms with Crippen molar-refractivity contribution >= 4 is 17.4 Å². The summed E-state index contributed by atoms with van der Waals surface area (Å²) >= 11 is 0. The number of nitrogens with zero attached hydrogens (tertiary/aromatic N) is 4. The van der Waals surface area contributed by atoms with Crippen molar-refractivity contribution in [2.24, 2.45) is 0 Å². The van der Waals surface area contributed by atoms with Gasteiger partial charge in [0.15, 0.2) is 5.82 Å². The van der Waals surface area contributed by atoms with Crippen LogP contribution in [-0.4, -0.2) is 25.1 Å². The molecule has 0 saturated carbocycles. The van der Waals surface area contributed by atoms with Gasteiger partial charge in [0.1, 0.15) is 6.54 Å². The number of aromatic nitrogens is 4. The molecular formula is C24H23N5O2. The number of fused-ring (bicyclic) bond motifs is 2. The van der Waals surface area contributed by atoms with E-state index in [0.717, 1.165) is 47.3 Å². The lowest BCUT2D eigenvalue weighted by Gasteiger charge is -2.15. The van der Waals surface area contributed by atoms with Gasteiger partial charge in [-0.2, -0.15) is 9.50 Å². The third kappa shape index (κ3) is 3.42. The van der Waals surface area contributed by atoms with Crippen LogP contribution < -0.4 is 10.9 Å². The van der Waals surface area contributed by atoms with Crippen LogP contribution >= 0.6 is 0 Å². The van der Waals surface area contributed by atoms with Gasteiger partial charge in [0.2, 0.25) is 11.7 Å². The van der Waals surface area contributed by atoms with Gasteiger partial charge in [0.05, 0.1) is 0 Å². The molecule has 1 aliphatic carbocycles. The highest BCUT2D eigenvalue weighted by molar-refractivity contribution is 5.91. The quantitative estimate of drug-likeness (QED) is 0.545. The van der Waals surface area contributed by atoms with Crippen molar-refractivity contribution in [1.82, 2.24) is 19.2 Å². The van der Waals surface area contributed by atoms with Crippen LogP contribution in [0, 0.1) is 0 Å². The number of amides is 1. The second-order valence-corrected chi connectivity index (χ2v) is 7.74. The molecule has 5 rings (SSSR count). The van der Waals surface area contributed by atoms with E-state index < -0.39 is 0 Å². The topological polar surface area (TPSA) is 81.3 Å². The second kappa shape index (κ2) is 7.83. The summed E-state index contributed by atoms with van der Waals surface area (Å²) < 4.78 is 3.20. The Kier molecular flexibility index (Phi) is 4.86. The molecule has 1 aliphatic rings. The first kappa shape index (κ1) is 19.2. The van der Waals surface area contributed by atoms with Crippen LogP contribution in [0.15, 0.2) is 59.4 Å². The van der Waals surface area contributed by atoms with E-state index in [1.165, 1.54) is 4.52 Å². The molecule has 0 aliphatic heterocycles. The van der Waals surface area contributed by atoms with Crippen molar-refractivity contribution in [3.63, 3.8) is 0 Å². The van der Waals surface area contributed by atoms with Gasteiger partial charge in [-0.3, -0.25) is 9.59 Å². The summed E-state index contributed by atoms with van der Waals surface area (Å²) in [7, 11) is 0. The van der Waals surface area contributed by atoms with E-state index in [0.29, 0.717) is 18.0 Å². The van der Waals surface area contributed by atoms with Gasteiger partial charge < -0.3 is 9.88 Å². The predicted octanol–water partition coefficient (Wildman–Crippen LogP) is 3.25. The number of hydrogen-bond acceptors (Lipinski definition) is 4. The lowest BCUT2D eigenvalue weighted by Crippen LogP contribution is -2.28. The van der Waals surface area contributed by atoms with E-state index in [9.17, 15) is 9.59 Å². The molecule has 31 heavy (non-hydrogen) atoms. The van der Waals surface area contributed by atoms with Gasteiger partial charge in [0, 0.05) is 22.5 Å². The first-order valence-electron chi connectivity index (χ1n) is 10.6. The van der Waals surface area contributed by atoms with Gasteiger partial charge in [-0.15, -0.1) is 5.10 Å². The highest BCUT2D eigenvalue weighted by Crippen LogP contribution is 2.23. The zero-order valence-electron chi connectivity index (χ0n) is 17.3. The summed E-state index contributed by atoms with van der Waals surface area (Å²) in [4.78, 5) is 30.7. The summed E-state index contributed by atoms with van der Waals surface area (Å²) in [5.41, 5.74) is 4.22. The summed E-state index contributed by atoms with van der Waals surface area (Å²) in [6, 6.07) is 17.4. The van der Waals surface area contributed by atoms with Crippen molar-refractivity contribution in [1.29, 1.82) is 0 Å². The van der Waals surface area contributed by atoms with Crippen molar-refractivity contribution < 1.29 is 4.79 Å². The van der Waals surface area contributed by atoms with Crippen molar-refractivity contribution in [2.75, 3.05) is 5.32 Å². The molecule has 0 saturated heterocycles. The minimum Gasteiger partial charge on any atom is -0.324 e. The molecule has 2 heterocycles. The molecule has 7 nitrogen and oxygen atoms in total. The van der Waals surface area contributed by atoms with E-state index in [1.807, 2.05) is 59.2 Å². The first-order valence-corrected chi connectivity index (χ1v) is 10.6. The molecule has 0 radical (unpaired) electrons. The maximum absolute atomic E-state index is 13.0. The van der Waals surface area contributed by atoms with Crippen molar-refractivity contribution in [3.8, 4) is 11.4 Å². The van der Waals surface area contributed by atoms with E-state index in [2.05, 4.69) is 22.3 Å². The molecule has 2 aromatic carbocycles. The maximum atomic E-state index is 13.0. The van der Waals surface area contributed by atoms with Gasteiger partial charge in [-0.1, -0.05) is 55.5 Å². The molecule has 4 aromatic rings. The Balaban J connectivity index is 1.57. The number of rotatable bonds is 5. The molecular weight excluding hydrogens is 390 g/mol. The number of benzene rings is 2. The lowest BCUT2D eigenvalue weighted by atomic mass is 10.1. The zero-order chi connectivity index (χ0) is 21.4. The molecule has 0 unspecified atom stereocenters. The SMILES string of the molecule is CCc1ccccc1NC(=O)Cn1c2c(c(=O)n3nc(-c4ccccc4)nc13)CCC2. The molecule has 0 atom stereocenters. The standard InChI is InChI=1S/C24H23N5O2/c1-2-16-9-6-7-13-19(16)25-21(30)15-28-20-14-8-12-18(20)23(31)29-24(28)26-22(27-29)17-10-4-3-5-11-17/h3-7,9-11,13H,2,8,12,14-15H2,1H3,(H,25,30). The third-order valence-corrected chi connectivity index (χ3v) is 5.80. The molecule has 1 N–H and O–H groups in total. The number of para-hydroxylation sites is 1. The molecule has 2 aromatic heterocycles. The molecule has 0 fully saturated rings. The van der Waals surface area contributed by atoms with Crippen molar-refractivity contribution in [3.05, 3.63) is 81.8 Å². The summed E-state index contributed by atoms with van der Waals surface area (Å²) in [6.45, 7) is 2.14. The third-order valence-electron chi connectivity index (χ3n) is 5.80. The molecule has 1 amide bonds. The lowest BCUT2D eigenvalue weighted by molar-refractivity contribution is -0.116. The van der Waals surface area contributed by atoms with Crippen LogP contribution in [0.4, 0.5) is 5.69 Å². The largest absolute Gasteiger partial charge is 0.324 e. The monoisotopic (exact) mass is 413 g/mol. The Bertz CT molecular complexity index is 1340. The highest BCUT2D eigenvalue weighted by atomic mass is 16.2. The summed E-state index contributed by atoms with van der Waals surface area (Å²) in [5, 5.41) is 7.50. The Morgan fingerprint density at radius 1 is 1.06 bits per heavy atom. The predicted molar refractivity (Wildman–Crippen MR) is 119 cm³/mol. The van der Waals surface area contributed by atoms with E-state index in [-0.39, 0.29) is 18.0 Å². The average molecular weight is 413 g/mol. The van der Waals surface area contributed by atoms with Crippen LogP contribution in [0.2, 0.25) is 0 Å². The second-order valence-electron chi connectivity index (χ2n) is 7.74. The number of carbonyl (C=O) groups is 1.